The third kappa shape index (κ3) is 4.84. The van der Waals surface area contributed by atoms with Gasteiger partial charge in [-0.25, -0.2) is 0 Å². The molecule has 0 aliphatic rings. The van der Waals surface area contributed by atoms with Crippen molar-refractivity contribution in [1.82, 2.24) is 5.32 Å². The molecule has 0 heterocycles. The number of hydrogen-bond acceptors (Lipinski definition) is 3. The van der Waals surface area contributed by atoms with Gasteiger partial charge in [0, 0.05) is 6.04 Å². The first-order valence-corrected chi connectivity index (χ1v) is 7.01. The predicted octanol–water partition coefficient (Wildman–Crippen LogP) is 3.00. The standard InChI is InChI=1S/C16H27NO2/c1-11(2)10-17-15(12(3)4)16(18)13-6-8-14(19-5)9-7-13/h6-9,11-12,15-18H,10H2,1-5H3. The Bertz CT molecular complexity index is 360. The lowest BCUT2D eigenvalue weighted by Crippen LogP contribution is -2.41. The maximum atomic E-state index is 10.5. The van der Waals surface area contributed by atoms with Crippen LogP contribution in [0, 0.1) is 11.8 Å². The van der Waals surface area contributed by atoms with Crippen LogP contribution in [0.5, 0.6) is 5.75 Å². The first-order valence-electron chi connectivity index (χ1n) is 7.01. The molecule has 1 aromatic carbocycles. The highest BCUT2D eigenvalue weighted by Crippen LogP contribution is 2.24. The van der Waals surface area contributed by atoms with Crippen LogP contribution in [0.4, 0.5) is 0 Å². The lowest BCUT2D eigenvalue weighted by molar-refractivity contribution is 0.103. The first-order chi connectivity index (χ1) is 8.95. The molecule has 19 heavy (non-hydrogen) atoms. The van der Waals surface area contributed by atoms with E-state index in [1.165, 1.54) is 0 Å². The smallest absolute Gasteiger partial charge is 0.118 e. The molecule has 0 bridgehead atoms. The summed E-state index contributed by atoms with van der Waals surface area (Å²) in [6.07, 6.45) is -0.496. The van der Waals surface area contributed by atoms with Crippen molar-refractivity contribution in [2.24, 2.45) is 11.8 Å². The van der Waals surface area contributed by atoms with Crippen molar-refractivity contribution in [3.63, 3.8) is 0 Å². The second-order valence-electron chi connectivity index (χ2n) is 5.79. The molecule has 0 amide bonds. The molecule has 3 heteroatoms. The maximum Gasteiger partial charge on any atom is 0.118 e. The number of ether oxygens (including phenoxy) is 1. The van der Waals surface area contributed by atoms with Crippen molar-refractivity contribution in [2.75, 3.05) is 13.7 Å². The van der Waals surface area contributed by atoms with E-state index < -0.39 is 6.10 Å². The van der Waals surface area contributed by atoms with E-state index in [0.29, 0.717) is 11.8 Å². The fourth-order valence-electron chi connectivity index (χ4n) is 2.09. The number of rotatable bonds is 7. The van der Waals surface area contributed by atoms with Crippen molar-refractivity contribution >= 4 is 0 Å². The molecule has 0 aromatic heterocycles. The summed E-state index contributed by atoms with van der Waals surface area (Å²) in [4.78, 5) is 0. The molecule has 2 N–H and O–H groups in total. The molecule has 0 aliphatic heterocycles. The molecule has 108 valence electrons. The summed E-state index contributed by atoms with van der Waals surface area (Å²) in [6.45, 7) is 9.51. The number of aliphatic hydroxyl groups excluding tert-OH is 1. The zero-order valence-corrected chi connectivity index (χ0v) is 12.7. The average molecular weight is 265 g/mol. The quantitative estimate of drug-likeness (QED) is 0.796. The molecule has 3 nitrogen and oxygen atoms in total. The van der Waals surface area contributed by atoms with Gasteiger partial charge in [-0.1, -0.05) is 39.8 Å². The summed E-state index contributed by atoms with van der Waals surface area (Å²) in [7, 11) is 1.65. The van der Waals surface area contributed by atoms with Crippen molar-refractivity contribution in [1.29, 1.82) is 0 Å². The van der Waals surface area contributed by atoms with Crippen LogP contribution in [-0.2, 0) is 0 Å². The van der Waals surface area contributed by atoms with Gasteiger partial charge in [0.2, 0.25) is 0 Å². The molecule has 0 saturated carbocycles. The largest absolute Gasteiger partial charge is 0.497 e. The van der Waals surface area contributed by atoms with Gasteiger partial charge in [-0.2, -0.15) is 0 Å². The first kappa shape index (κ1) is 16.0. The molecule has 0 aliphatic carbocycles. The Hall–Kier alpha value is -1.06. The molecule has 0 radical (unpaired) electrons. The third-order valence-corrected chi connectivity index (χ3v) is 3.28. The highest BCUT2D eigenvalue weighted by atomic mass is 16.5. The Kier molecular flexibility index (Phi) is 6.32. The minimum absolute atomic E-state index is 0.0656. The topological polar surface area (TPSA) is 41.5 Å². The van der Waals surface area contributed by atoms with Crippen molar-refractivity contribution in [3.8, 4) is 5.75 Å². The summed E-state index contributed by atoms with van der Waals surface area (Å²) < 4.78 is 5.14. The molecule has 2 atom stereocenters. The summed E-state index contributed by atoms with van der Waals surface area (Å²) in [5.41, 5.74) is 0.927. The monoisotopic (exact) mass is 265 g/mol. The lowest BCUT2D eigenvalue weighted by Gasteiger charge is -2.28. The van der Waals surface area contributed by atoms with Crippen LogP contribution in [0.25, 0.3) is 0 Å². The van der Waals surface area contributed by atoms with Crippen LogP contribution in [0.2, 0.25) is 0 Å². The Morgan fingerprint density at radius 3 is 2.11 bits per heavy atom. The summed E-state index contributed by atoms with van der Waals surface area (Å²) >= 11 is 0. The van der Waals surface area contributed by atoms with Crippen LogP contribution >= 0.6 is 0 Å². The second kappa shape index (κ2) is 7.51. The second-order valence-corrected chi connectivity index (χ2v) is 5.79. The van der Waals surface area contributed by atoms with Gasteiger partial charge in [-0.15, -0.1) is 0 Å². The van der Waals surface area contributed by atoms with Crippen LogP contribution in [0.3, 0.4) is 0 Å². The van der Waals surface area contributed by atoms with E-state index in [1.54, 1.807) is 7.11 Å². The van der Waals surface area contributed by atoms with Crippen molar-refractivity contribution < 1.29 is 9.84 Å². The van der Waals surface area contributed by atoms with E-state index in [-0.39, 0.29) is 6.04 Å². The molecule has 0 saturated heterocycles. The van der Waals surface area contributed by atoms with Gasteiger partial charge >= 0.3 is 0 Å². The fraction of sp³-hybridized carbons (Fsp3) is 0.625. The molecule has 2 unspecified atom stereocenters. The number of methoxy groups -OCH3 is 1. The van der Waals surface area contributed by atoms with Crippen LogP contribution in [0.1, 0.15) is 39.4 Å². The number of benzene rings is 1. The highest BCUT2D eigenvalue weighted by molar-refractivity contribution is 5.29. The zero-order chi connectivity index (χ0) is 14.4. The van der Waals surface area contributed by atoms with E-state index in [9.17, 15) is 5.11 Å². The third-order valence-electron chi connectivity index (χ3n) is 3.28. The Morgan fingerprint density at radius 2 is 1.68 bits per heavy atom. The van der Waals surface area contributed by atoms with Crippen molar-refractivity contribution in [3.05, 3.63) is 29.8 Å². The van der Waals surface area contributed by atoms with Gasteiger partial charge < -0.3 is 15.2 Å². The number of aliphatic hydroxyl groups is 1. The van der Waals surface area contributed by atoms with Gasteiger partial charge in [0.15, 0.2) is 0 Å². The van der Waals surface area contributed by atoms with Gasteiger partial charge in [0.25, 0.3) is 0 Å². The predicted molar refractivity (Wildman–Crippen MR) is 79.4 cm³/mol. The van der Waals surface area contributed by atoms with E-state index in [4.69, 9.17) is 4.74 Å². The normalized spacial score (nSPS) is 14.7. The SMILES string of the molecule is COc1ccc(C(O)C(NCC(C)C)C(C)C)cc1. The number of hydrogen-bond donors (Lipinski definition) is 2. The Labute approximate surface area is 117 Å². The van der Waals surface area contributed by atoms with Gasteiger partial charge in [0.1, 0.15) is 5.75 Å². The lowest BCUT2D eigenvalue weighted by atomic mass is 9.93. The van der Waals surface area contributed by atoms with Gasteiger partial charge in [-0.3, -0.25) is 0 Å². The highest BCUT2D eigenvalue weighted by Gasteiger charge is 2.23. The maximum absolute atomic E-state index is 10.5. The molecule has 0 spiro atoms. The summed E-state index contributed by atoms with van der Waals surface area (Å²) in [5.74, 6) is 1.76. The summed E-state index contributed by atoms with van der Waals surface area (Å²) in [5, 5.41) is 14.0. The van der Waals surface area contributed by atoms with E-state index >= 15 is 0 Å². The molecule has 1 rings (SSSR count). The molecule has 0 fully saturated rings. The number of nitrogens with one attached hydrogen (secondary N) is 1. The fourth-order valence-corrected chi connectivity index (χ4v) is 2.09. The van der Waals surface area contributed by atoms with E-state index in [2.05, 4.69) is 33.0 Å². The van der Waals surface area contributed by atoms with E-state index in [1.807, 2.05) is 24.3 Å². The van der Waals surface area contributed by atoms with Gasteiger partial charge in [-0.05, 0) is 36.1 Å². The average Bonchev–Trinajstić information content (AvgIpc) is 2.38. The van der Waals surface area contributed by atoms with Crippen LogP contribution in [-0.4, -0.2) is 24.8 Å². The molecule has 1 aromatic rings. The minimum atomic E-state index is -0.496. The summed E-state index contributed by atoms with van der Waals surface area (Å²) in [6, 6.07) is 7.69. The van der Waals surface area contributed by atoms with E-state index in [0.717, 1.165) is 17.9 Å². The Morgan fingerprint density at radius 1 is 1.11 bits per heavy atom. The van der Waals surface area contributed by atoms with Crippen molar-refractivity contribution in [2.45, 2.75) is 39.8 Å². The molecular weight excluding hydrogens is 238 g/mol. The molecular formula is C16H27NO2. The zero-order valence-electron chi connectivity index (χ0n) is 12.7. The Balaban J connectivity index is 2.76. The minimum Gasteiger partial charge on any atom is -0.497 e. The van der Waals surface area contributed by atoms with Crippen LogP contribution in [0.15, 0.2) is 24.3 Å². The van der Waals surface area contributed by atoms with Gasteiger partial charge in [0.05, 0.1) is 13.2 Å². The van der Waals surface area contributed by atoms with Crippen LogP contribution < -0.4 is 10.1 Å².